The van der Waals surface area contributed by atoms with Crippen molar-refractivity contribution in [2.75, 3.05) is 13.7 Å². The van der Waals surface area contributed by atoms with E-state index in [0.29, 0.717) is 11.4 Å². The summed E-state index contributed by atoms with van der Waals surface area (Å²) in [6.45, 7) is 2.47. The molecule has 0 bridgehead atoms. The lowest BCUT2D eigenvalue weighted by atomic mass is 9.95. The van der Waals surface area contributed by atoms with E-state index in [1.807, 2.05) is 6.92 Å². The predicted molar refractivity (Wildman–Crippen MR) is 84.8 cm³/mol. The van der Waals surface area contributed by atoms with Crippen LogP contribution in [0.25, 0.3) is 0 Å². The fourth-order valence-corrected chi connectivity index (χ4v) is 2.84. The Kier molecular flexibility index (Phi) is 8.11. The molecule has 1 aliphatic carbocycles. The molecule has 8 heteroatoms. The minimum atomic E-state index is -0.535. The summed E-state index contributed by atoms with van der Waals surface area (Å²) in [5, 5.41) is 7.87. The highest BCUT2D eigenvalue weighted by molar-refractivity contribution is 9.09. The van der Waals surface area contributed by atoms with Crippen LogP contribution in [0.3, 0.4) is 0 Å². The van der Waals surface area contributed by atoms with E-state index in [-0.39, 0.29) is 12.1 Å². The molecular weight excluding hydrogens is 340 g/mol. The lowest BCUT2D eigenvalue weighted by Gasteiger charge is -2.26. The molecular formula is C13H23BrN4O3. The number of aliphatic imine (C=N–C) groups is 1. The third kappa shape index (κ3) is 7.31. The van der Waals surface area contributed by atoms with Crippen molar-refractivity contribution in [3.8, 4) is 0 Å². The summed E-state index contributed by atoms with van der Waals surface area (Å²) in [6.07, 6.45) is 4.86. The Balaban J connectivity index is 2.42. The number of hydrogen-bond donors (Lipinski definition) is 3. The number of methoxy groups -OCH3 is 1. The molecule has 1 saturated carbocycles. The van der Waals surface area contributed by atoms with E-state index in [9.17, 15) is 9.59 Å². The number of amidine groups is 1. The highest BCUT2D eigenvalue weighted by Gasteiger charge is 2.21. The van der Waals surface area contributed by atoms with Crippen molar-refractivity contribution in [1.29, 1.82) is 0 Å². The molecule has 2 atom stereocenters. The number of hydrogen-bond acceptors (Lipinski definition) is 3. The second-order valence-electron chi connectivity index (χ2n) is 4.91. The smallest absolute Gasteiger partial charge is 0.345 e. The number of halogens is 1. The molecule has 21 heavy (non-hydrogen) atoms. The average molecular weight is 363 g/mol. The maximum atomic E-state index is 11.9. The van der Waals surface area contributed by atoms with Crippen LogP contribution in [-0.4, -0.2) is 42.6 Å². The van der Waals surface area contributed by atoms with Gasteiger partial charge in [0.1, 0.15) is 0 Å². The Labute approximate surface area is 133 Å². The standard InChI is InChI=1S/C13H23BrN4O3/c1-3-7-15-11(19)17-13(21-2)18-12(20)16-10-6-4-5-9(14)8-10/h9-10H,3-8H2,1-2H3,(H3,15,16,17,18,19,20). The molecule has 120 valence electrons. The van der Waals surface area contributed by atoms with Crippen LogP contribution in [0.5, 0.6) is 0 Å². The molecule has 2 unspecified atom stereocenters. The molecule has 0 spiro atoms. The van der Waals surface area contributed by atoms with Crippen molar-refractivity contribution in [2.24, 2.45) is 4.99 Å². The SMILES string of the molecule is CCCNC(=O)N=C(NC(=O)NC1CCCC(Br)C1)OC. The summed E-state index contributed by atoms with van der Waals surface area (Å²) in [5.41, 5.74) is 0. The number of carbonyl (C=O) groups is 2. The zero-order chi connectivity index (χ0) is 15.7. The van der Waals surface area contributed by atoms with E-state index in [1.54, 1.807) is 0 Å². The van der Waals surface area contributed by atoms with Gasteiger partial charge in [-0.1, -0.05) is 29.3 Å². The first-order chi connectivity index (χ1) is 10.0. The molecule has 1 aliphatic rings. The summed E-state index contributed by atoms with van der Waals surface area (Å²) in [4.78, 5) is 27.4. The van der Waals surface area contributed by atoms with Gasteiger partial charge in [0.05, 0.1) is 7.11 Å². The second-order valence-corrected chi connectivity index (χ2v) is 6.21. The van der Waals surface area contributed by atoms with E-state index in [1.165, 1.54) is 7.11 Å². The first-order valence-corrected chi connectivity index (χ1v) is 8.08. The normalized spacial score (nSPS) is 22.3. The van der Waals surface area contributed by atoms with Crippen LogP contribution in [0.15, 0.2) is 4.99 Å². The third-order valence-electron chi connectivity index (χ3n) is 3.09. The molecule has 0 aliphatic heterocycles. The van der Waals surface area contributed by atoms with Crippen molar-refractivity contribution in [1.82, 2.24) is 16.0 Å². The Hall–Kier alpha value is -1.31. The van der Waals surface area contributed by atoms with E-state index in [4.69, 9.17) is 4.74 Å². The van der Waals surface area contributed by atoms with Gasteiger partial charge in [0.2, 0.25) is 0 Å². The second kappa shape index (κ2) is 9.59. The Morgan fingerprint density at radius 2 is 2.14 bits per heavy atom. The maximum absolute atomic E-state index is 11.9. The van der Waals surface area contributed by atoms with Gasteiger partial charge in [-0.05, 0) is 25.7 Å². The monoisotopic (exact) mass is 362 g/mol. The van der Waals surface area contributed by atoms with Crippen molar-refractivity contribution >= 4 is 34.0 Å². The minimum Gasteiger partial charge on any atom is -0.468 e. The molecule has 0 radical (unpaired) electrons. The molecule has 7 nitrogen and oxygen atoms in total. The van der Waals surface area contributed by atoms with Gasteiger partial charge in [-0.15, -0.1) is 4.99 Å². The molecule has 1 fully saturated rings. The lowest BCUT2D eigenvalue weighted by Crippen LogP contribution is -2.47. The molecule has 1 rings (SSSR count). The number of nitrogens with zero attached hydrogens (tertiary/aromatic N) is 1. The van der Waals surface area contributed by atoms with Crippen LogP contribution in [0.4, 0.5) is 9.59 Å². The largest absolute Gasteiger partial charge is 0.468 e. The molecule has 0 aromatic carbocycles. The van der Waals surface area contributed by atoms with Crippen LogP contribution in [-0.2, 0) is 4.74 Å². The van der Waals surface area contributed by atoms with Crippen LogP contribution in [0.2, 0.25) is 0 Å². The van der Waals surface area contributed by atoms with Crippen molar-refractivity contribution in [3.05, 3.63) is 0 Å². The first kappa shape index (κ1) is 17.7. The van der Waals surface area contributed by atoms with E-state index < -0.39 is 12.1 Å². The number of urea groups is 2. The van der Waals surface area contributed by atoms with Crippen molar-refractivity contribution < 1.29 is 14.3 Å². The number of nitrogens with one attached hydrogen (secondary N) is 3. The molecule has 0 aromatic heterocycles. The summed E-state index contributed by atoms with van der Waals surface area (Å²) in [6, 6.07) is -0.944. The molecule has 3 N–H and O–H groups in total. The molecule has 0 heterocycles. The molecule has 0 aromatic rings. The van der Waals surface area contributed by atoms with Gasteiger partial charge in [0.15, 0.2) is 0 Å². The zero-order valence-electron chi connectivity index (χ0n) is 12.4. The number of rotatable bonds is 3. The minimum absolute atomic E-state index is 0.118. The van der Waals surface area contributed by atoms with Gasteiger partial charge in [-0.2, -0.15) is 0 Å². The quantitative estimate of drug-likeness (QED) is 0.407. The Morgan fingerprint density at radius 1 is 1.38 bits per heavy atom. The van der Waals surface area contributed by atoms with E-state index >= 15 is 0 Å². The van der Waals surface area contributed by atoms with Gasteiger partial charge >= 0.3 is 18.1 Å². The summed E-state index contributed by atoms with van der Waals surface area (Å²) in [5.74, 6) is 0. The first-order valence-electron chi connectivity index (χ1n) is 7.17. The Bertz CT molecular complexity index is 390. The molecule has 0 saturated heterocycles. The Morgan fingerprint density at radius 3 is 2.76 bits per heavy atom. The topological polar surface area (TPSA) is 91.8 Å². The van der Waals surface area contributed by atoms with Crippen molar-refractivity contribution in [2.45, 2.75) is 49.9 Å². The van der Waals surface area contributed by atoms with E-state index in [0.717, 1.165) is 32.1 Å². The predicted octanol–water partition coefficient (Wildman–Crippen LogP) is 2.11. The summed E-state index contributed by atoms with van der Waals surface area (Å²) in [7, 11) is 1.35. The van der Waals surface area contributed by atoms with Crippen LogP contribution in [0.1, 0.15) is 39.0 Å². The number of carbonyl (C=O) groups excluding carboxylic acids is 2. The van der Waals surface area contributed by atoms with Gasteiger partial charge in [-0.25, -0.2) is 9.59 Å². The third-order valence-corrected chi connectivity index (χ3v) is 3.92. The fraction of sp³-hybridized carbons (Fsp3) is 0.769. The zero-order valence-corrected chi connectivity index (χ0v) is 14.0. The summed E-state index contributed by atoms with van der Waals surface area (Å²) >= 11 is 3.57. The van der Waals surface area contributed by atoms with Crippen LogP contribution in [0, 0.1) is 0 Å². The highest BCUT2D eigenvalue weighted by atomic mass is 79.9. The number of ether oxygens (including phenoxy) is 1. The average Bonchev–Trinajstić information content (AvgIpc) is 2.44. The number of amides is 4. The van der Waals surface area contributed by atoms with Crippen LogP contribution >= 0.6 is 15.9 Å². The molecule has 4 amide bonds. The van der Waals surface area contributed by atoms with Crippen molar-refractivity contribution in [3.63, 3.8) is 0 Å². The van der Waals surface area contributed by atoms with E-state index in [2.05, 4.69) is 36.9 Å². The van der Waals surface area contributed by atoms with Gasteiger partial charge in [0.25, 0.3) is 0 Å². The van der Waals surface area contributed by atoms with Gasteiger partial charge in [0, 0.05) is 17.4 Å². The van der Waals surface area contributed by atoms with Crippen LogP contribution < -0.4 is 16.0 Å². The van der Waals surface area contributed by atoms with Gasteiger partial charge < -0.3 is 15.4 Å². The van der Waals surface area contributed by atoms with Gasteiger partial charge in [-0.3, -0.25) is 5.32 Å². The number of alkyl halides is 1. The maximum Gasteiger partial charge on any atom is 0.345 e. The summed E-state index contributed by atoms with van der Waals surface area (Å²) < 4.78 is 4.89. The fourth-order valence-electron chi connectivity index (χ4n) is 2.07. The highest BCUT2D eigenvalue weighted by Crippen LogP contribution is 2.24. The lowest BCUT2D eigenvalue weighted by molar-refractivity contribution is 0.234.